The van der Waals surface area contributed by atoms with Crippen LogP contribution in [0.15, 0.2) is 91.3 Å². The number of rotatable bonds is 13. The summed E-state index contributed by atoms with van der Waals surface area (Å²) >= 11 is 12.4. The number of benzene rings is 3. The van der Waals surface area contributed by atoms with E-state index in [2.05, 4.69) is 26.9 Å². The number of aromatic nitrogens is 6. The molecule has 3 aromatic carbocycles. The molecule has 0 saturated carbocycles. The van der Waals surface area contributed by atoms with Gasteiger partial charge in [-0.3, -0.25) is 19.0 Å². The molecule has 11 rings (SSSR count). The topological polar surface area (TPSA) is 312 Å². The Labute approximate surface area is 515 Å². The number of carbonyl (C=O) groups excluding carboxylic acids is 3. The summed E-state index contributed by atoms with van der Waals surface area (Å²) in [5.41, 5.74) is 12.0. The van der Waals surface area contributed by atoms with Gasteiger partial charge in [-0.05, 0) is 94.3 Å². The van der Waals surface area contributed by atoms with Crippen molar-refractivity contribution >= 4 is 95.5 Å². The first-order chi connectivity index (χ1) is 41.0. The number of fused-ring (bicyclic) bond motifs is 2. The second-order valence-corrected chi connectivity index (χ2v) is 26.5. The quantitative estimate of drug-likeness (QED) is 0.0848. The number of alkyl carbamates (subject to hydrolysis) is 1. The van der Waals surface area contributed by atoms with E-state index in [1.807, 2.05) is 78.5 Å². The molecular formula is C59H68Cl2N16O8S2. The zero-order chi connectivity index (χ0) is 61.2. The highest BCUT2D eigenvalue weighted by Gasteiger charge is 2.38. The lowest BCUT2D eigenvalue weighted by molar-refractivity contribution is 0.0600. The van der Waals surface area contributed by atoms with Gasteiger partial charge >= 0.3 is 6.09 Å². The molecule has 5 N–H and O–H groups in total. The Kier molecular flexibility index (Phi) is 19.2. The van der Waals surface area contributed by atoms with E-state index < -0.39 is 38.1 Å². The van der Waals surface area contributed by atoms with E-state index in [0.717, 1.165) is 60.7 Å². The fourth-order valence-electron chi connectivity index (χ4n) is 11.6. The van der Waals surface area contributed by atoms with Crippen LogP contribution in [0.2, 0.25) is 10.0 Å². The smallest absolute Gasteiger partial charge is 0.407 e. The van der Waals surface area contributed by atoms with Crippen LogP contribution in [-0.4, -0.2) is 138 Å². The maximum Gasteiger partial charge on any atom is 0.407 e. The summed E-state index contributed by atoms with van der Waals surface area (Å²) in [6.07, 6.45) is 10.0. The third-order valence-corrected chi connectivity index (χ3v) is 17.3. The third-order valence-electron chi connectivity index (χ3n) is 15.6. The summed E-state index contributed by atoms with van der Waals surface area (Å²) in [5.74, 6) is 0.0487. The average Bonchev–Trinajstić information content (AvgIpc) is 2.32. The molecule has 4 aromatic heterocycles. The predicted octanol–water partition coefficient (Wildman–Crippen LogP) is 8.04. The molecule has 4 aliphatic heterocycles. The second kappa shape index (κ2) is 26.4. The van der Waals surface area contributed by atoms with Crippen LogP contribution < -0.4 is 30.3 Å². The lowest BCUT2D eigenvalue weighted by Crippen LogP contribution is -2.40. The number of aryl methyl sites for hydroxylation is 2. The Morgan fingerprint density at radius 1 is 0.667 bits per heavy atom. The van der Waals surface area contributed by atoms with Crippen LogP contribution in [0.5, 0.6) is 0 Å². The van der Waals surface area contributed by atoms with Crippen LogP contribution >= 0.6 is 23.2 Å². The number of anilines is 4. The summed E-state index contributed by atoms with van der Waals surface area (Å²) < 4.78 is 61.5. The first-order valence-corrected chi connectivity index (χ1v) is 32.5. The highest BCUT2D eigenvalue weighted by molar-refractivity contribution is 7.92. The van der Waals surface area contributed by atoms with E-state index in [0.29, 0.717) is 90.7 Å². The van der Waals surface area contributed by atoms with Crippen molar-refractivity contribution in [2.24, 2.45) is 17.6 Å². The van der Waals surface area contributed by atoms with Gasteiger partial charge in [0.1, 0.15) is 18.2 Å². The largest absolute Gasteiger partial charge is 0.445 e. The maximum absolute atomic E-state index is 13.9. The molecule has 7 aromatic rings. The van der Waals surface area contributed by atoms with Crippen molar-refractivity contribution in [3.05, 3.63) is 141 Å². The van der Waals surface area contributed by atoms with Gasteiger partial charge < -0.3 is 35.4 Å². The zero-order valence-corrected chi connectivity index (χ0v) is 50.7. The molecule has 0 aliphatic carbocycles. The molecule has 0 bridgehead atoms. The standard InChI is InChI=1S/C33H35ClN8O5S.C25H29ClN8O3S.CH4/c1-21-17-42-30(37-31(21)40-18-23(16-35)28(19-40)36-33(44)47-20-22-8-4-3-5-9-22)15-27(38-42)29-10-6-7-13-41(29)32(43)25-14-24(34)11-12-26(25)39-48(2,45)46;1-15-12-34-23(29-24(15)32-13-16(11-27)19(28)14-32)10-21(30-34)22-5-3-4-8-33(22)25(35)18-9-17(26)6-7-20(18)31-38(2,36)37;/h3-5,8-9,11-12,14-15,17,23,28-29,39H,6-7,10,13,18-20H2,1-2H3,(H,36,44);6-7,9-10,12,16,19,22,31H,3-5,8,13-14,28H2,1-2H3;1H4/t23?,28?,29-;16?,19?,22-;/m00./s1. The van der Waals surface area contributed by atoms with E-state index >= 15 is 0 Å². The van der Waals surface area contributed by atoms with Gasteiger partial charge in [0.2, 0.25) is 20.0 Å². The number of ether oxygens (including phenoxy) is 1. The molecule has 3 amide bonds. The van der Waals surface area contributed by atoms with E-state index in [-0.39, 0.29) is 72.4 Å². The molecule has 4 fully saturated rings. The number of amides is 3. The Hall–Kier alpha value is -8.27. The summed E-state index contributed by atoms with van der Waals surface area (Å²) in [5, 5.41) is 32.3. The first-order valence-electron chi connectivity index (χ1n) is 28.0. The minimum absolute atomic E-state index is 0. The number of nitrogens with zero attached hydrogens (tertiary/aromatic N) is 12. The van der Waals surface area contributed by atoms with E-state index in [1.165, 1.54) is 30.3 Å². The maximum atomic E-state index is 13.9. The van der Waals surface area contributed by atoms with Crippen LogP contribution in [0, 0.1) is 48.3 Å². The van der Waals surface area contributed by atoms with E-state index in [9.17, 15) is 41.7 Å². The molecule has 24 nitrogen and oxygen atoms in total. The van der Waals surface area contributed by atoms with Crippen molar-refractivity contribution in [3.63, 3.8) is 0 Å². The highest BCUT2D eigenvalue weighted by Crippen LogP contribution is 2.37. The molecule has 4 unspecified atom stereocenters. The number of hydrogen-bond acceptors (Lipinski definition) is 17. The molecule has 8 heterocycles. The number of hydrogen-bond donors (Lipinski definition) is 4. The third kappa shape index (κ3) is 14.6. The molecule has 87 heavy (non-hydrogen) atoms. The lowest BCUT2D eigenvalue weighted by Gasteiger charge is -2.35. The molecule has 6 atom stereocenters. The average molecular weight is 1260 g/mol. The van der Waals surface area contributed by atoms with Crippen molar-refractivity contribution in [1.82, 2.24) is 44.3 Å². The van der Waals surface area contributed by atoms with Crippen molar-refractivity contribution in [3.8, 4) is 12.1 Å². The molecule has 458 valence electrons. The minimum atomic E-state index is -3.64. The highest BCUT2D eigenvalue weighted by atomic mass is 35.5. The number of piperidine rings is 2. The van der Waals surface area contributed by atoms with Gasteiger partial charge in [0.25, 0.3) is 11.8 Å². The predicted molar refractivity (Wildman–Crippen MR) is 331 cm³/mol. The van der Waals surface area contributed by atoms with Gasteiger partial charge in [-0.25, -0.2) is 40.6 Å². The number of likely N-dealkylation sites (tertiary alicyclic amines) is 2. The number of halogens is 2. The Morgan fingerprint density at radius 3 is 1.60 bits per heavy atom. The van der Waals surface area contributed by atoms with Crippen molar-refractivity contribution in [2.45, 2.75) is 90.6 Å². The molecule has 4 aliphatic rings. The van der Waals surface area contributed by atoms with Crippen molar-refractivity contribution in [2.75, 3.05) is 71.0 Å². The molecular weight excluding hydrogens is 1200 g/mol. The SMILES string of the molecule is C.Cc1cn2nc([C@@H]3CCCCN3C(=O)c3cc(Cl)ccc3NS(C)(=O)=O)cc2nc1N1CC(C#N)C(NC(=O)OCc2ccccc2)C1.Cc1cn2nc([C@@H]3CCCCN3C(=O)c3cc(Cl)ccc3NS(C)(=O)=O)cc2nc1N1CC(N)C(C#N)C1. The fraction of sp³-hybridized carbons (Fsp3) is 0.407. The Bertz CT molecular complexity index is 4060. The van der Waals surface area contributed by atoms with Gasteiger partial charge in [-0.2, -0.15) is 20.7 Å². The Balaban J connectivity index is 0.000000211. The van der Waals surface area contributed by atoms with E-state index in [4.69, 9.17) is 53.8 Å². The number of nitrogens with two attached hydrogens (primary N) is 1. The van der Waals surface area contributed by atoms with Gasteiger partial charge in [-0.15, -0.1) is 0 Å². The molecule has 0 spiro atoms. The zero-order valence-electron chi connectivity index (χ0n) is 47.6. The summed E-state index contributed by atoms with van der Waals surface area (Å²) in [7, 11) is -7.24. The Morgan fingerprint density at radius 2 is 1.14 bits per heavy atom. The van der Waals surface area contributed by atoms with Crippen LogP contribution in [-0.2, 0) is 31.4 Å². The number of carbonyl (C=O) groups is 3. The minimum Gasteiger partial charge on any atom is -0.445 e. The number of sulfonamides is 2. The van der Waals surface area contributed by atoms with Gasteiger partial charge in [-0.1, -0.05) is 61.0 Å². The number of nitriles is 2. The van der Waals surface area contributed by atoms with Gasteiger partial charge in [0.05, 0.1) is 88.5 Å². The van der Waals surface area contributed by atoms with Crippen LogP contribution in [0.3, 0.4) is 0 Å². The molecule has 4 saturated heterocycles. The lowest BCUT2D eigenvalue weighted by atomic mass is 9.98. The van der Waals surface area contributed by atoms with Gasteiger partial charge in [0.15, 0.2) is 11.3 Å². The second-order valence-electron chi connectivity index (χ2n) is 22.1. The molecule has 28 heteroatoms. The van der Waals surface area contributed by atoms with Crippen molar-refractivity contribution < 1.29 is 36.0 Å². The summed E-state index contributed by atoms with van der Waals surface area (Å²) in [4.78, 5) is 57.5. The monoisotopic (exact) mass is 1260 g/mol. The van der Waals surface area contributed by atoms with Crippen molar-refractivity contribution in [1.29, 1.82) is 10.5 Å². The summed E-state index contributed by atoms with van der Waals surface area (Å²) in [6, 6.07) is 25.3. The van der Waals surface area contributed by atoms with Crippen LogP contribution in [0.25, 0.3) is 11.3 Å². The van der Waals surface area contributed by atoms with Crippen LogP contribution in [0.4, 0.5) is 27.8 Å². The first kappa shape index (κ1) is 63.2. The normalized spacial score (nSPS) is 20.4. The summed E-state index contributed by atoms with van der Waals surface area (Å²) in [6.45, 7) is 6.77. The fourth-order valence-corrected chi connectivity index (χ4v) is 13.1. The van der Waals surface area contributed by atoms with E-state index in [1.54, 1.807) is 24.9 Å². The van der Waals surface area contributed by atoms with Crippen LogP contribution in [0.1, 0.15) is 107 Å². The van der Waals surface area contributed by atoms with Gasteiger partial charge in [0, 0.05) is 91.0 Å². The molecule has 0 radical (unpaired) electrons. The number of nitrogens with one attached hydrogen (secondary N) is 3.